The fourth-order valence-electron chi connectivity index (χ4n) is 4.76. The Bertz CT molecular complexity index is 1000. The molecule has 2 fully saturated rings. The highest BCUT2D eigenvalue weighted by molar-refractivity contribution is 5.83. The maximum absolute atomic E-state index is 14.4. The summed E-state index contributed by atoms with van der Waals surface area (Å²) in [6, 6.07) is 10.2. The van der Waals surface area contributed by atoms with E-state index in [0.717, 1.165) is 24.6 Å². The maximum atomic E-state index is 14.4. The fraction of sp³-hybridized carbons (Fsp3) is 0.435. The molecular weight excluding hydrogens is 410 g/mol. The fourth-order valence-corrected chi connectivity index (χ4v) is 4.76. The van der Waals surface area contributed by atoms with Crippen LogP contribution in [0.1, 0.15) is 24.0 Å². The highest BCUT2D eigenvalue weighted by atomic mass is 19.4. The molecule has 2 aromatic carbocycles. The van der Waals surface area contributed by atoms with Crippen LogP contribution in [-0.2, 0) is 17.4 Å². The van der Waals surface area contributed by atoms with Crippen molar-refractivity contribution in [1.29, 1.82) is 0 Å². The minimum Gasteiger partial charge on any atom is -0.365 e. The first-order valence-electron chi connectivity index (χ1n) is 10.6. The summed E-state index contributed by atoms with van der Waals surface area (Å²) >= 11 is 0. The van der Waals surface area contributed by atoms with E-state index in [1.807, 2.05) is 9.80 Å². The number of para-hydroxylation sites is 1. The van der Waals surface area contributed by atoms with Crippen LogP contribution >= 0.6 is 0 Å². The standard InChI is InChI=1S/C23H23F4N3O/c24-18-3-1-2-4-20(18)29-9-10-30-19-8-5-15(23(25,26)27)11-14(19)12-17(21(30)13-29)22(31)28-16-6-7-16/h1-5,8,11,16-17,21H,6-7,9-10,12-13H2,(H,28,31). The van der Waals surface area contributed by atoms with Gasteiger partial charge in [-0.25, -0.2) is 4.39 Å². The lowest BCUT2D eigenvalue weighted by atomic mass is 9.82. The van der Waals surface area contributed by atoms with Crippen molar-refractivity contribution in [3.05, 3.63) is 59.4 Å². The molecule has 3 aliphatic rings. The molecule has 164 valence electrons. The summed E-state index contributed by atoms with van der Waals surface area (Å²) in [5, 5.41) is 3.02. The summed E-state index contributed by atoms with van der Waals surface area (Å²) in [5.74, 6) is -0.942. The second-order valence-electron chi connectivity index (χ2n) is 8.59. The van der Waals surface area contributed by atoms with Crippen LogP contribution in [0.2, 0.25) is 0 Å². The van der Waals surface area contributed by atoms with Crippen molar-refractivity contribution in [2.75, 3.05) is 29.4 Å². The molecule has 1 saturated carbocycles. The highest BCUT2D eigenvalue weighted by Crippen LogP contribution is 2.40. The first-order valence-corrected chi connectivity index (χ1v) is 10.6. The van der Waals surface area contributed by atoms with Crippen molar-refractivity contribution < 1.29 is 22.4 Å². The van der Waals surface area contributed by atoms with Crippen LogP contribution in [0.4, 0.5) is 28.9 Å². The van der Waals surface area contributed by atoms with Gasteiger partial charge in [-0.05, 0) is 55.2 Å². The van der Waals surface area contributed by atoms with Gasteiger partial charge in [-0.2, -0.15) is 13.2 Å². The number of anilines is 2. The number of nitrogens with zero attached hydrogens (tertiary/aromatic N) is 2. The predicted octanol–water partition coefficient (Wildman–Crippen LogP) is 3.99. The number of amides is 1. The molecule has 2 heterocycles. The summed E-state index contributed by atoms with van der Waals surface area (Å²) in [5.41, 5.74) is 1.07. The van der Waals surface area contributed by atoms with Gasteiger partial charge in [0.25, 0.3) is 0 Å². The topological polar surface area (TPSA) is 35.6 Å². The van der Waals surface area contributed by atoms with Gasteiger partial charge in [-0.15, -0.1) is 0 Å². The number of hydrogen-bond donors (Lipinski definition) is 1. The van der Waals surface area contributed by atoms with Gasteiger partial charge in [-0.3, -0.25) is 4.79 Å². The number of alkyl halides is 3. The quantitative estimate of drug-likeness (QED) is 0.744. The summed E-state index contributed by atoms with van der Waals surface area (Å²) in [6.45, 7) is 1.46. The highest BCUT2D eigenvalue weighted by Gasteiger charge is 2.44. The van der Waals surface area contributed by atoms with Crippen LogP contribution in [0.5, 0.6) is 0 Å². The summed E-state index contributed by atoms with van der Waals surface area (Å²) in [4.78, 5) is 17.0. The van der Waals surface area contributed by atoms with Gasteiger partial charge in [0.15, 0.2) is 0 Å². The molecule has 4 nitrogen and oxygen atoms in total. The van der Waals surface area contributed by atoms with Gasteiger partial charge in [-0.1, -0.05) is 12.1 Å². The van der Waals surface area contributed by atoms with E-state index in [-0.39, 0.29) is 30.2 Å². The van der Waals surface area contributed by atoms with E-state index in [4.69, 9.17) is 0 Å². The van der Waals surface area contributed by atoms with E-state index in [2.05, 4.69) is 5.32 Å². The summed E-state index contributed by atoms with van der Waals surface area (Å²) in [7, 11) is 0. The monoisotopic (exact) mass is 433 g/mol. The molecule has 2 aromatic rings. The van der Waals surface area contributed by atoms with Gasteiger partial charge >= 0.3 is 6.18 Å². The molecule has 1 aliphatic carbocycles. The van der Waals surface area contributed by atoms with E-state index >= 15 is 0 Å². The normalized spacial score (nSPS) is 23.2. The molecule has 2 unspecified atom stereocenters. The first-order chi connectivity index (χ1) is 14.8. The third kappa shape index (κ3) is 3.83. The van der Waals surface area contributed by atoms with E-state index in [1.54, 1.807) is 18.2 Å². The zero-order valence-electron chi connectivity index (χ0n) is 16.8. The van der Waals surface area contributed by atoms with Crippen LogP contribution in [0.25, 0.3) is 0 Å². The molecule has 2 aliphatic heterocycles. The number of fused-ring (bicyclic) bond motifs is 3. The number of benzene rings is 2. The van der Waals surface area contributed by atoms with Crippen LogP contribution in [0, 0.1) is 11.7 Å². The SMILES string of the molecule is O=C(NC1CC1)C1Cc2cc(C(F)(F)F)ccc2N2CCN(c3ccccc3F)CC12. The van der Waals surface area contributed by atoms with Crippen molar-refractivity contribution in [1.82, 2.24) is 5.32 Å². The van der Waals surface area contributed by atoms with Gasteiger partial charge in [0.2, 0.25) is 5.91 Å². The third-order valence-electron chi connectivity index (χ3n) is 6.49. The Hall–Kier alpha value is -2.77. The van der Waals surface area contributed by atoms with Crippen molar-refractivity contribution in [2.45, 2.75) is 37.5 Å². The molecule has 1 N–H and O–H groups in total. The molecule has 0 aromatic heterocycles. The van der Waals surface area contributed by atoms with Gasteiger partial charge in [0, 0.05) is 31.4 Å². The van der Waals surface area contributed by atoms with Crippen molar-refractivity contribution >= 4 is 17.3 Å². The Kier molecular flexibility index (Phi) is 4.83. The molecule has 0 radical (unpaired) electrons. The Morgan fingerprint density at radius 3 is 2.52 bits per heavy atom. The lowest BCUT2D eigenvalue weighted by Gasteiger charge is -2.49. The molecule has 0 bridgehead atoms. The maximum Gasteiger partial charge on any atom is 0.416 e. The summed E-state index contributed by atoms with van der Waals surface area (Å²) < 4.78 is 54.2. The number of halogens is 4. The molecule has 2 atom stereocenters. The number of carbonyl (C=O) groups is 1. The van der Waals surface area contributed by atoms with Crippen LogP contribution in [0.15, 0.2) is 42.5 Å². The zero-order valence-corrected chi connectivity index (χ0v) is 16.8. The predicted molar refractivity (Wildman–Crippen MR) is 110 cm³/mol. The Labute approximate surface area is 177 Å². The Balaban J connectivity index is 1.49. The van der Waals surface area contributed by atoms with Crippen LogP contribution < -0.4 is 15.1 Å². The van der Waals surface area contributed by atoms with E-state index < -0.39 is 17.7 Å². The van der Waals surface area contributed by atoms with Gasteiger partial charge in [0.05, 0.1) is 23.2 Å². The molecular formula is C23H23F4N3O. The first kappa shape index (κ1) is 20.2. The van der Waals surface area contributed by atoms with Crippen LogP contribution in [-0.4, -0.2) is 37.6 Å². The number of hydrogen-bond acceptors (Lipinski definition) is 3. The third-order valence-corrected chi connectivity index (χ3v) is 6.49. The Morgan fingerprint density at radius 1 is 1.03 bits per heavy atom. The number of piperazine rings is 1. The average Bonchev–Trinajstić information content (AvgIpc) is 3.56. The number of carbonyl (C=O) groups excluding carboxylic acids is 1. The minimum absolute atomic E-state index is 0.129. The lowest BCUT2D eigenvalue weighted by molar-refractivity contribution is -0.137. The minimum atomic E-state index is -4.43. The van der Waals surface area contributed by atoms with Gasteiger partial charge in [0.1, 0.15) is 5.82 Å². The molecule has 8 heteroatoms. The van der Waals surface area contributed by atoms with E-state index in [0.29, 0.717) is 30.9 Å². The molecule has 31 heavy (non-hydrogen) atoms. The number of rotatable bonds is 3. The molecule has 1 saturated heterocycles. The van der Waals surface area contributed by atoms with E-state index in [9.17, 15) is 22.4 Å². The Morgan fingerprint density at radius 2 is 1.81 bits per heavy atom. The van der Waals surface area contributed by atoms with Crippen molar-refractivity contribution in [3.8, 4) is 0 Å². The average molecular weight is 433 g/mol. The van der Waals surface area contributed by atoms with Crippen molar-refractivity contribution in [3.63, 3.8) is 0 Å². The van der Waals surface area contributed by atoms with Crippen LogP contribution in [0.3, 0.4) is 0 Å². The molecule has 5 rings (SSSR count). The number of nitrogens with one attached hydrogen (secondary N) is 1. The second-order valence-corrected chi connectivity index (χ2v) is 8.59. The largest absolute Gasteiger partial charge is 0.416 e. The van der Waals surface area contributed by atoms with E-state index in [1.165, 1.54) is 18.2 Å². The molecule has 0 spiro atoms. The lowest BCUT2D eigenvalue weighted by Crippen LogP contribution is -2.61. The smallest absolute Gasteiger partial charge is 0.365 e. The van der Waals surface area contributed by atoms with Crippen molar-refractivity contribution in [2.24, 2.45) is 5.92 Å². The summed E-state index contributed by atoms with van der Waals surface area (Å²) in [6.07, 6.45) is -2.32. The van der Waals surface area contributed by atoms with Gasteiger partial charge < -0.3 is 15.1 Å². The zero-order chi connectivity index (χ0) is 21.8. The second kappa shape index (κ2) is 7.43. The molecule has 1 amide bonds.